The molecule has 0 bridgehead atoms. The maximum absolute atomic E-state index is 13.0. The molecule has 0 spiro atoms. The van der Waals surface area contributed by atoms with Crippen LogP contribution in [-0.2, 0) is 0 Å². The van der Waals surface area contributed by atoms with Crippen molar-refractivity contribution in [1.29, 1.82) is 0 Å². The number of rotatable bonds is 3. The number of carboxylic acid groups (broad SMARTS) is 1. The Labute approximate surface area is 127 Å². The van der Waals surface area contributed by atoms with Gasteiger partial charge in [-0.05, 0) is 36.4 Å². The van der Waals surface area contributed by atoms with E-state index >= 15 is 0 Å². The molecule has 0 aliphatic carbocycles. The molecule has 0 radical (unpaired) electrons. The molecule has 1 heterocycles. The van der Waals surface area contributed by atoms with Gasteiger partial charge >= 0.3 is 11.7 Å². The van der Waals surface area contributed by atoms with Crippen LogP contribution in [0, 0.1) is 15.9 Å². The summed E-state index contributed by atoms with van der Waals surface area (Å²) in [4.78, 5) is 21.9. The van der Waals surface area contributed by atoms with Crippen LogP contribution in [0.1, 0.15) is 10.4 Å². The summed E-state index contributed by atoms with van der Waals surface area (Å²) in [7, 11) is 0. The fourth-order valence-electron chi connectivity index (χ4n) is 2.36. The van der Waals surface area contributed by atoms with Crippen LogP contribution in [0.3, 0.4) is 0 Å². The molecule has 0 fully saturated rings. The molecule has 1 aromatic heterocycles. The van der Waals surface area contributed by atoms with E-state index in [0.29, 0.717) is 0 Å². The molecule has 2 aromatic carbocycles. The van der Waals surface area contributed by atoms with Crippen molar-refractivity contribution >= 4 is 22.6 Å². The number of nitrogens with zero attached hydrogens (tertiary/aromatic N) is 1. The lowest BCUT2D eigenvalue weighted by Crippen LogP contribution is -1.99. The smallest absolute Gasteiger partial charge is 0.340 e. The Kier molecular flexibility index (Phi) is 3.21. The number of benzene rings is 2. The summed E-state index contributed by atoms with van der Waals surface area (Å²) in [5, 5.41) is 29.9. The third-order valence-electron chi connectivity index (χ3n) is 3.31. The van der Waals surface area contributed by atoms with Gasteiger partial charge in [0.2, 0.25) is 0 Å². The van der Waals surface area contributed by atoms with Crippen molar-refractivity contribution in [3.05, 3.63) is 57.9 Å². The van der Waals surface area contributed by atoms with Crippen molar-refractivity contribution in [1.82, 2.24) is 0 Å². The van der Waals surface area contributed by atoms with Gasteiger partial charge in [-0.1, -0.05) is 0 Å². The van der Waals surface area contributed by atoms with E-state index in [9.17, 15) is 29.5 Å². The van der Waals surface area contributed by atoms with Crippen molar-refractivity contribution in [3.8, 4) is 17.1 Å². The summed E-state index contributed by atoms with van der Waals surface area (Å²) < 4.78 is 18.4. The number of hydrogen-bond donors (Lipinski definition) is 2. The Morgan fingerprint density at radius 1 is 1.17 bits per heavy atom. The molecule has 0 saturated heterocycles. The number of furan rings is 1. The number of phenols is 1. The lowest BCUT2D eigenvalue weighted by molar-refractivity contribution is -0.384. The minimum Gasteiger partial charge on any atom is -0.502 e. The highest BCUT2D eigenvalue weighted by molar-refractivity contribution is 6.12. The number of aromatic hydroxyl groups is 1. The number of nitro benzene ring substituents is 1. The van der Waals surface area contributed by atoms with Crippen LogP contribution < -0.4 is 0 Å². The Morgan fingerprint density at radius 2 is 1.83 bits per heavy atom. The van der Waals surface area contributed by atoms with Gasteiger partial charge in [0.1, 0.15) is 28.1 Å². The number of carboxylic acids is 1. The molecular formula is C15H8FNO6. The second-order valence-corrected chi connectivity index (χ2v) is 4.68. The summed E-state index contributed by atoms with van der Waals surface area (Å²) >= 11 is 0. The van der Waals surface area contributed by atoms with Crippen molar-refractivity contribution < 1.29 is 28.7 Å². The largest absolute Gasteiger partial charge is 0.502 e. The molecule has 0 saturated carbocycles. The quantitative estimate of drug-likeness (QED) is 0.564. The van der Waals surface area contributed by atoms with E-state index in [1.165, 1.54) is 18.2 Å². The first-order valence-corrected chi connectivity index (χ1v) is 6.32. The fourth-order valence-corrected chi connectivity index (χ4v) is 2.36. The second-order valence-electron chi connectivity index (χ2n) is 4.68. The molecule has 3 rings (SSSR count). The van der Waals surface area contributed by atoms with Crippen LogP contribution in [0.2, 0.25) is 0 Å². The van der Waals surface area contributed by atoms with Gasteiger partial charge in [-0.25, -0.2) is 9.18 Å². The molecule has 116 valence electrons. The first kappa shape index (κ1) is 14.5. The molecular weight excluding hydrogens is 309 g/mol. The number of carbonyl (C=O) groups is 1. The van der Waals surface area contributed by atoms with Gasteiger partial charge < -0.3 is 14.6 Å². The Bertz CT molecular complexity index is 945. The van der Waals surface area contributed by atoms with E-state index in [4.69, 9.17) is 4.42 Å². The number of halogens is 1. The molecule has 0 atom stereocenters. The van der Waals surface area contributed by atoms with Crippen LogP contribution >= 0.6 is 0 Å². The first-order chi connectivity index (χ1) is 10.9. The first-order valence-electron chi connectivity index (χ1n) is 6.32. The van der Waals surface area contributed by atoms with E-state index in [0.717, 1.165) is 18.2 Å². The molecule has 8 heteroatoms. The number of fused-ring (bicyclic) bond motifs is 1. The van der Waals surface area contributed by atoms with Crippen LogP contribution in [0.25, 0.3) is 22.3 Å². The molecule has 0 unspecified atom stereocenters. The number of aromatic carboxylic acids is 1. The zero-order valence-corrected chi connectivity index (χ0v) is 11.3. The monoisotopic (exact) mass is 317 g/mol. The highest BCUT2D eigenvalue weighted by Gasteiger charge is 2.30. The normalized spacial score (nSPS) is 10.8. The van der Waals surface area contributed by atoms with Gasteiger partial charge in [0.05, 0.1) is 4.92 Å². The zero-order chi connectivity index (χ0) is 16.7. The summed E-state index contributed by atoms with van der Waals surface area (Å²) in [6.45, 7) is 0. The van der Waals surface area contributed by atoms with E-state index < -0.39 is 33.7 Å². The third-order valence-corrected chi connectivity index (χ3v) is 3.31. The van der Waals surface area contributed by atoms with Crippen molar-refractivity contribution in [2.24, 2.45) is 0 Å². The van der Waals surface area contributed by atoms with Crippen molar-refractivity contribution in [3.63, 3.8) is 0 Å². The average molecular weight is 317 g/mol. The van der Waals surface area contributed by atoms with Gasteiger partial charge in [-0.2, -0.15) is 0 Å². The number of nitro groups is 1. The highest BCUT2D eigenvalue weighted by atomic mass is 19.1. The van der Waals surface area contributed by atoms with Gasteiger partial charge in [-0.15, -0.1) is 0 Å². The maximum atomic E-state index is 13.0. The predicted molar refractivity (Wildman–Crippen MR) is 76.9 cm³/mol. The topological polar surface area (TPSA) is 114 Å². The van der Waals surface area contributed by atoms with Gasteiger partial charge in [0.15, 0.2) is 5.75 Å². The summed E-state index contributed by atoms with van der Waals surface area (Å²) in [5.41, 5.74) is -1.04. The van der Waals surface area contributed by atoms with Gasteiger partial charge in [-0.3, -0.25) is 10.1 Å². The van der Waals surface area contributed by atoms with Crippen molar-refractivity contribution in [2.75, 3.05) is 0 Å². The molecule has 0 aliphatic heterocycles. The van der Waals surface area contributed by atoms with E-state index in [1.807, 2.05) is 0 Å². The summed E-state index contributed by atoms with van der Waals surface area (Å²) in [6, 6.07) is 7.09. The van der Waals surface area contributed by atoms with Crippen LogP contribution in [0.4, 0.5) is 10.1 Å². The lowest BCUT2D eigenvalue weighted by atomic mass is 10.0. The average Bonchev–Trinajstić information content (AvgIpc) is 2.86. The van der Waals surface area contributed by atoms with Crippen LogP contribution in [-0.4, -0.2) is 21.1 Å². The lowest BCUT2D eigenvalue weighted by Gasteiger charge is -2.00. The van der Waals surface area contributed by atoms with E-state index in [-0.39, 0.29) is 22.3 Å². The zero-order valence-electron chi connectivity index (χ0n) is 11.3. The molecule has 0 amide bonds. The standard InChI is InChI=1S/C15H8FNO6/c16-8-3-1-7(2-4-8)14-12(15(19)20)11-10(23-14)6-5-9(18)13(11)17(21)22/h1-6,18H,(H,19,20). The van der Waals surface area contributed by atoms with Crippen LogP contribution in [0.5, 0.6) is 5.75 Å². The molecule has 2 N–H and O–H groups in total. The summed E-state index contributed by atoms with van der Waals surface area (Å²) in [6.07, 6.45) is 0. The molecule has 3 aromatic rings. The number of phenolic OH excluding ortho intramolecular Hbond substituents is 1. The Balaban J connectivity index is 2.43. The van der Waals surface area contributed by atoms with Gasteiger partial charge in [0, 0.05) is 5.56 Å². The third kappa shape index (κ3) is 2.26. The second kappa shape index (κ2) is 5.09. The molecule has 0 aliphatic rings. The molecule has 7 nitrogen and oxygen atoms in total. The summed E-state index contributed by atoms with van der Waals surface area (Å²) in [5.74, 6) is -2.81. The SMILES string of the molecule is O=C(O)c1c(-c2ccc(F)cc2)oc2ccc(O)c([N+](=O)[O-])c12. The maximum Gasteiger partial charge on any atom is 0.340 e. The fraction of sp³-hybridized carbons (Fsp3) is 0. The molecule has 23 heavy (non-hydrogen) atoms. The van der Waals surface area contributed by atoms with Gasteiger partial charge in [0.25, 0.3) is 0 Å². The van der Waals surface area contributed by atoms with Crippen LogP contribution in [0.15, 0.2) is 40.8 Å². The minimum absolute atomic E-state index is 0.0637. The van der Waals surface area contributed by atoms with E-state index in [1.54, 1.807) is 0 Å². The minimum atomic E-state index is -1.46. The Hall–Kier alpha value is -3.42. The highest BCUT2D eigenvalue weighted by Crippen LogP contribution is 2.42. The predicted octanol–water partition coefficient (Wildman–Crippen LogP) is 3.55. The Morgan fingerprint density at radius 3 is 2.39 bits per heavy atom. The van der Waals surface area contributed by atoms with Crippen molar-refractivity contribution in [2.45, 2.75) is 0 Å². The van der Waals surface area contributed by atoms with E-state index in [2.05, 4.69) is 0 Å². The number of hydrogen-bond acceptors (Lipinski definition) is 5.